The molecule has 0 aromatic heterocycles. The Bertz CT molecular complexity index is 140. The number of nitrogens with zero attached hydrogens (tertiary/aromatic N) is 1. The van der Waals surface area contributed by atoms with E-state index in [4.69, 9.17) is 5.11 Å². The third-order valence-corrected chi connectivity index (χ3v) is 2.55. The van der Waals surface area contributed by atoms with Crippen LogP contribution in [0, 0.1) is 0 Å². The highest BCUT2D eigenvalue weighted by Crippen LogP contribution is 2.18. The number of carbonyl (C=O) groups is 1. The van der Waals surface area contributed by atoms with E-state index in [1.165, 1.54) is 4.90 Å². The van der Waals surface area contributed by atoms with Gasteiger partial charge in [-0.2, -0.15) is 0 Å². The van der Waals surface area contributed by atoms with Crippen LogP contribution < -0.4 is 0 Å². The Morgan fingerprint density at radius 1 is 1.80 bits per heavy atom. The summed E-state index contributed by atoms with van der Waals surface area (Å²) < 4.78 is 0. The van der Waals surface area contributed by atoms with Crippen LogP contribution in [0.1, 0.15) is 12.8 Å². The Hall–Kier alpha value is -0.250. The SMILES string of the molecule is O=C(O)N1CCC[C@H]1CBr. The molecule has 3 nitrogen and oxygen atoms in total. The zero-order valence-corrected chi connectivity index (χ0v) is 7.17. The molecule has 1 saturated heterocycles. The molecule has 4 heteroatoms. The van der Waals surface area contributed by atoms with Gasteiger partial charge in [-0.1, -0.05) is 15.9 Å². The summed E-state index contributed by atoms with van der Waals surface area (Å²) in [5.74, 6) is 0. The van der Waals surface area contributed by atoms with E-state index in [2.05, 4.69) is 15.9 Å². The van der Waals surface area contributed by atoms with E-state index >= 15 is 0 Å². The molecule has 0 bridgehead atoms. The predicted molar refractivity (Wildman–Crippen MR) is 41.5 cm³/mol. The molecule has 58 valence electrons. The van der Waals surface area contributed by atoms with Gasteiger partial charge in [0.1, 0.15) is 0 Å². The van der Waals surface area contributed by atoms with Crippen molar-refractivity contribution in [2.45, 2.75) is 18.9 Å². The van der Waals surface area contributed by atoms with Gasteiger partial charge in [0, 0.05) is 17.9 Å². The molecule has 1 aliphatic heterocycles. The fourth-order valence-electron chi connectivity index (χ4n) is 1.25. The fraction of sp³-hybridized carbons (Fsp3) is 0.833. The molecule has 0 spiro atoms. The Labute approximate surface area is 68.1 Å². The summed E-state index contributed by atoms with van der Waals surface area (Å²) in [4.78, 5) is 12.0. The first-order valence-electron chi connectivity index (χ1n) is 3.31. The molecule has 1 atom stereocenters. The van der Waals surface area contributed by atoms with Crippen molar-refractivity contribution in [1.82, 2.24) is 4.90 Å². The minimum atomic E-state index is -0.790. The number of hydrogen-bond donors (Lipinski definition) is 1. The maximum atomic E-state index is 10.5. The number of rotatable bonds is 1. The highest BCUT2D eigenvalue weighted by Gasteiger charge is 2.26. The van der Waals surface area contributed by atoms with Crippen LogP contribution in [0.15, 0.2) is 0 Å². The Balaban J connectivity index is 2.50. The van der Waals surface area contributed by atoms with Crippen LogP contribution in [-0.4, -0.2) is 34.0 Å². The molecule has 10 heavy (non-hydrogen) atoms. The summed E-state index contributed by atoms with van der Waals surface area (Å²) in [5, 5.41) is 9.38. The number of amides is 1. The lowest BCUT2D eigenvalue weighted by Crippen LogP contribution is -2.35. The third-order valence-electron chi connectivity index (χ3n) is 1.80. The van der Waals surface area contributed by atoms with Crippen molar-refractivity contribution in [3.8, 4) is 0 Å². The summed E-state index contributed by atoms with van der Waals surface area (Å²) in [6.45, 7) is 0.700. The number of carboxylic acid groups (broad SMARTS) is 1. The molecular weight excluding hydrogens is 198 g/mol. The average Bonchev–Trinajstić information content (AvgIpc) is 2.33. The second-order valence-corrected chi connectivity index (χ2v) is 3.07. The third kappa shape index (κ3) is 1.42. The average molecular weight is 208 g/mol. The first-order valence-corrected chi connectivity index (χ1v) is 4.43. The van der Waals surface area contributed by atoms with Gasteiger partial charge in [-0.25, -0.2) is 4.79 Å². The summed E-state index contributed by atoms with van der Waals surface area (Å²) in [6.07, 6.45) is 1.21. The van der Waals surface area contributed by atoms with Crippen molar-refractivity contribution in [3.63, 3.8) is 0 Å². The van der Waals surface area contributed by atoms with Crippen molar-refractivity contribution in [2.24, 2.45) is 0 Å². The molecule has 0 aliphatic carbocycles. The number of hydrogen-bond acceptors (Lipinski definition) is 1. The maximum absolute atomic E-state index is 10.5. The van der Waals surface area contributed by atoms with E-state index in [1.54, 1.807) is 0 Å². The minimum absolute atomic E-state index is 0.206. The fourth-order valence-corrected chi connectivity index (χ4v) is 1.92. The van der Waals surface area contributed by atoms with Gasteiger partial charge in [0.15, 0.2) is 0 Å². The highest BCUT2D eigenvalue weighted by molar-refractivity contribution is 9.09. The molecular formula is C6H10BrNO2. The molecule has 1 fully saturated rings. The van der Waals surface area contributed by atoms with Crippen LogP contribution in [0.3, 0.4) is 0 Å². The van der Waals surface area contributed by atoms with Gasteiger partial charge < -0.3 is 10.0 Å². The number of likely N-dealkylation sites (tertiary alicyclic amines) is 1. The van der Waals surface area contributed by atoms with E-state index in [-0.39, 0.29) is 6.04 Å². The Morgan fingerprint density at radius 3 is 2.90 bits per heavy atom. The van der Waals surface area contributed by atoms with E-state index in [9.17, 15) is 4.79 Å². The van der Waals surface area contributed by atoms with Crippen LogP contribution in [0.25, 0.3) is 0 Å². The van der Waals surface area contributed by atoms with Gasteiger partial charge >= 0.3 is 6.09 Å². The molecule has 0 unspecified atom stereocenters. The minimum Gasteiger partial charge on any atom is -0.465 e. The van der Waals surface area contributed by atoms with Crippen LogP contribution in [0.4, 0.5) is 4.79 Å². The van der Waals surface area contributed by atoms with Crippen LogP contribution in [0.2, 0.25) is 0 Å². The molecule has 1 N–H and O–H groups in total. The zero-order valence-electron chi connectivity index (χ0n) is 5.59. The van der Waals surface area contributed by atoms with E-state index in [0.717, 1.165) is 18.2 Å². The molecule has 1 heterocycles. The Morgan fingerprint density at radius 2 is 2.50 bits per heavy atom. The largest absolute Gasteiger partial charge is 0.465 e. The van der Waals surface area contributed by atoms with Gasteiger partial charge in [0.05, 0.1) is 0 Å². The van der Waals surface area contributed by atoms with Gasteiger partial charge in [-0.3, -0.25) is 0 Å². The molecule has 0 aromatic rings. The number of alkyl halides is 1. The standard InChI is InChI=1S/C6H10BrNO2/c7-4-5-2-1-3-8(5)6(9)10/h5H,1-4H2,(H,9,10)/t5-/m0/s1. The van der Waals surface area contributed by atoms with Gasteiger partial charge in [0.25, 0.3) is 0 Å². The molecule has 0 radical (unpaired) electrons. The number of halogens is 1. The predicted octanol–water partition coefficient (Wildman–Crippen LogP) is 1.52. The van der Waals surface area contributed by atoms with Gasteiger partial charge in [-0.05, 0) is 12.8 Å². The van der Waals surface area contributed by atoms with Crippen LogP contribution >= 0.6 is 15.9 Å². The van der Waals surface area contributed by atoms with Crippen molar-refractivity contribution < 1.29 is 9.90 Å². The summed E-state index contributed by atoms with van der Waals surface area (Å²) in [5.41, 5.74) is 0. The van der Waals surface area contributed by atoms with Gasteiger partial charge in [-0.15, -0.1) is 0 Å². The quantitative estimate of drug-likeness (QED) is 0.663. The molecule has 1 rings (SSSR count). The van der Waals surface area contributed by atoms with Crippen molar-refractivity contribution >= 4 is 22.0 Å². The second-order valence-electron chi connectivity index (χ2n) is 2.43. The summed E-state index contributed by atoms with van der Waals surface area (Å²) >= 11 is 3.28. The lowest BCUT2D eigenvalue weighted by Gasteiger charge is -2.18. The topological polar surface area (TPSA) is 40.5 Å². The first-order chi connectivity index (χ1) is 4.75. The van der Waals surface area contributed by atoms with Crippen LogP contribution in [0.5, 0.6) is 0 Å². The van der Waals surface area contributed by atoms with Crippen molar-refractivity contribution in [1.29, 1.82) is 0 Å². The summed E-state index contributed by atoms with van der Waals surface area (Å²) in [6, 6.07) is 0.206. The molecule has 1 aliphatic rings. The molecule has 0 aromatic carbocycles. The molecule has 1 amide bonds. The monoisotopic (exact) mass is 207 g/mol. The smallest absolute Gasteiger partial charge is 0.407 e. The lowest BCUT2D eigenvalue weighted by atomic mass is 10.2. The normalized spacial score (nSPS) is 25.3. The lowest BCUT2D eigenvalue weighted by molar-refractivity contribution is 0.144. The summed E-state index contributed by atoms with van der Waals surface area (Å²) in [7, 11) is 0. The highest BCUT2D eigenvalue weighted by atomic mass is 79.9. The zero-order chi connectivity index (χ0) is 7.56. The van der Waals surface area contributed by atoms with Crippen molar-refractivity contribution in [2.75, 3.05) is 11.9 Å². The first kappa shape index (κ1) is 7.85. The molecule has 0 saturated carbocycles. The Kier molecular flexibility index (Phi) is 2.54. The van der Waals surface area contributed by atoms with Gasteiger partial charge in [0.2, 0.25) is 0 Å². The second kappa shape index (κ2) is 3.23. The van der Waals surface area contributed by atoms with Crippen LogP contribution in [-0.2, 0) is 0 Å². The van der Waals surface area contributed by atoms with E-state index < -0.39 is 6.09 Å². The maximum Gasteiger partial charge on any atom is 0.407 e. The van der Waals surface area contributed by atoms with E-state index in [0.29, 0.717) is 6.54 Å². The van der Waals surface area contributed by atoms with E-state index in [1.807, 2.05) is 0 Å². The van der Waals surface area contributed by atoms with Crippen molar-refractivity contribution in [3.05, 3.63) is 0 Å².